The second-order valence-electron chi connectivity index (χ2n) is 5.70. The molecular formula is C20H24N2O2. The summed E-state index contributed by atoms with van der Waals surface area (Å²) in [6, 6.07) is 20.1. The predicted molar refractivity (Wildman–Crippen MR) is 95.5 cm³/mol. The molecule has 2 rings (SSSR count). The van der Waals surface area contributed by atoms with E-state index < -0.39 is 0 Å². The van der Waals surface area contributed by atoms with E-state index in [0.29, 0.717) is 13.1 Å². The highest BCUT2D eigenvalue weighted by molar-refractivity contribution is 5.96. The van der Waals surface area contributed by atoms with Crippen molar-refractivity contribution in [1.82, 2.24) is 10.6 Å². The number of benzene rings is 2. The lowest BCUT2D eigenvalue weighted by atomic mass is 10.1. The van der Waals surface area contributed by atoms with E-state index in [1.54, 1.807) is 0 Å². The lowest BCUT2D eigenvalue weighted by Crippen LogP contribution is -2.33. The van der Waals surface area contributed by atoms with Gasteiger partial charge in [-0.2, -0.15) is 0 Å². The minimum Gasteiger partial charge on any atom is -0.356 e. The first kappa shape index (κ1) is 17.7. The predicted octanol–water partition coefficient (Wildman–Crippen LogP) is 2.48. The summed E-state index contributed by atoms with van der Waals surface area (Å²) in [4.78, 5) is 23.5. The van der Waals surface area contributed by atoms with Crippen LogP contribution in [0.25, 0.3) is 0 Å². The van der Waals surface area contributed by atoms with E-state index in [1.165, 1.54) is 11.1 Å². The van der Waals surface area contributed by atoms with Crippen LogP contribution in [0.15, 0.2) is 60.7 Å². The molecule has 2 aromatic rings. The van der Waals surface area contributed by atoms with Gasteiger partial charge in [0.15, 0.2) is 0 Å². The van der Waals surface area contributed by atoms with E-state index in [-0.39, 0.29) is 18.2 Å². The van der Waals surface area contributed by atoms with Crippen molar-refractivity contribution >= 4 is 11.8 Å². The molecule has 0 radical (unpaired) electrons. The average Bonchev–Trinajstić information content (AvgIpc) is 2.60. The number of hydrogen-bond acceptors (Lipinski definition) is 2. The molecule has 0 saturated carbocycles. The summed E-state index contributed by atoms with van der Waals surface area (Å²) in [5.74, 6) is -0.452. The lowest BCUT2D eigenvalue weighted by molar-refractivity contribution is -0.129. The Morgan fingerprint density at radius 2 is 1.17 bits per heavy atom. The fourth-order valence-electron chi connectivity index (χ4n) is 2.43. The first-order valence-electron chi connectivity index (χ1n) is 8.35. The van der Waals surface area contributed by atoms with Crippen LogP contribution >= 0.6 is 0 Å². The molecule has 0 aliphatic carbocycles. The second-order valence-corrected chi connectivity index (χ2v) is 5.70. The van der Waals surface area contributed by atoms with Crippen molar-refractivity contribution in [3.05, 3.63) is 71.8 Å². The highest BCUT2D eigenvalue weighted by Gasteiger charge is 2.08. The van der Waals surface area contributed by atoms with Gasteiger partial charge >= 0.3 is 0 Å². The summed E-state index contributed by atoms with van der Waals surface area (Å²) in [5.41, 5.74) is 2.42. The zero-order chi connectivity index (χ0) is 17.0. The molecular weight excluding hydrogens is 300 g/mol. The number of hydrogen-bond donors (Lipinski definition) is 2. The van der Waals surface area contributed by atoms with Crippen molar-refractivity contribution in [3.63, 3.8) is 0 Å². The van der Waals surface area contributed by atoms with Gasteiger partial charge < -0.3 is 10.6 Å². The van der Waals surface area contributed by atoms with Crippen molar-refractivity contribution in [2.24, 2.45) is 0 Å². The minimum absolute atomic E-state index is 0.111. The average molecular weight is 324 g/mol. The van der Waals surface area contributed by atoms with E-state index >= 15 is 0 Å². The molecule has 126 valence electrons. The van der Waals surface area contributed by atoms with Gasteiger partial charge in [0, 0.05) is 13.1 Å². The van der Waals surface area contributed by atoms with Gasteiger partial charge in [-0.25, -0.2) is 0 Å². The fourth-order valence-corrected chi connectivity index (χ4v) is 2.43. The van der Waals surface area contributed by atoms with Gasteiger partial charge in [0.1, 0.15) is 6.42 Å². The van der Waals surface area contributed by atoms with Gasteiger partial charge in [-0.3, -0.25) is 9.59 Å². The Bertz CT molecular complexity index is 627. The maximum atomic E-state index is 11.7. The third-order valence-electron chi connectivity index (χ3n) is 3.71. The van der Waals surface area contributed by atoms with Gasteiger partial charge in [0.05, 0.1) is 0 Å². The Morgan fingerprint density at radius 3 is 1.75 bits per heavy atom. The van der Waals surface area contributed by atoms with E-state index in [9.17, 15) is 9.59 Å². The quantitative estimate of drug-likeness (QED) is 0.550. The molecule has 24 heavy (non-hydrogen) atoms. The van der Waals surface area contributed by atoms with Crippen LogP contribution in [0.1, 0.15) is 24.0 Å². The first-order valence-corrected chi connectivity index (χ1v) is 8.35. The third-order valence-corrected chi connectivity index (χ3v) is 3.71. The minimum atomic E-state index is -0.230. The number of rotatable bonds is 9. The zero-order valence-corrected chi connectivity index (χ0v) is 13.8. The van der Waals surface area contributed by atoms with Gasteiger partial charge in [-0.15, -0.1) is 0 Å². The Labute approximate surface area is 143 Å². The van der Waals surface area contributed by atoms with Crippen LogP contribution in [0.4, 0.5) is 0 Å². The number of carbonyl (C=O) groups excluding carboxylic acids is 2. The molecule has 0 fully saturated rings. The molecule has 0 saturated heterocycles. The maximum absolute atomic E-state index is 11.7. The van der Waals surface area contributed by atoms with Gasteiger partial charge in [-0.05, 0) is 30.4 Å². The molecule has 0 spiro atoms. The Kier molecular flexibility index (Phi) is 7.54. The SMILES string of the molecule is O=C(CC(=O)NCCc1ccccc1)NCCCc1ccccc1. The van der Waals surface area contributed by atoms with Crippen LogP contribution in [0.2, 0.25) is 0 Å². The van der Waals surface area contributed by atoms with E-state index in [1.807, 2.05) is 48.5 Å². The number of nitrogens with one attached hydrogen (secondary N) is 2. The van der Waals surface area contributed by atoms with Crippen LogP contribution in [0.5, 0.6) is 0 Å². The number of carbonyl (C=O) groups is 2. The largest absolute Gasteiger partial charge is 0.356 e. The monoisotopic (exact) mass is 324 g/mol. The number of amides is 2. The molecule has 0 aromatic heterocycles. The van der Waals surface area contributed by atoms with Crippen LogP contribution in [0, 0.1) is 0 Å². The smallest absolute Gasteiger partial charge is 0.229 e. The summed E-state index contributed by atoms with van der Waals surface area (Å²) in [5, 5.41) is 5.57. The summed E-state index contributed by atoms with van der Waals surface area (Å²) in [6.07, 6.45) is 2.45. The molecule has 0 aliphatic rings. The van der Waals surface area contributed by atoms with Crippen LogP contribution in [-0.4, -0.2) is 24.9 Å². The number of aryl methyl sites for hydroxylation is 1. The third kappa shape index (κ3) is 7.09. The lowest BCUT2D eigenvalue weighted by Gasteiger charge is -2.07. The molecule has 0 unspecified atom stereocenters. The summed E-state index contributed by atoms with van der Waals surface area (Å²) >= 11 is 0. The van der Waals surface area contributed by atoms with Crippen LogP contribution < -0.4 is 10.6 Å². The van der Waals surface area contributed by atoms with Gasteiger partial charge in [0.25, 0.3) is 0 Å². The fraction of sp³-hybridized carbons (Fsp3) is 0.300. The van der Waals surface area contributed by atoms with Crippen molar-refractivity contribution in [3.8, 4) is 0 Å². The molecule has 0 atom stereocenters. The Morgan fingerprint density at radius 1 is 0.667 bits per heavy atom. The van der Waals surface area contributed by atoms with Crippen molar-refractivity contribution in [1.29, 1.82) is 0 Å². The normalized spacial score (nSPS) is 10.2. The topological polar surface area (TPSA) is 58.2 Å². The molecule has 0 heterocycles. The van der Waals surface area contributed by atoms with Gasteiger partial charge in [-0.1, -0.05) is 60.7 Å². The van der Waals surface area contributed by atoms with Crippen molar-refractivity contribution in [2.75, 3.05) is 13.1 Å². The first-order chi connectivity index (χ1) is 11.7. The Balaban J connectivity index is 1.54. The summed E-state index contributed by atoms with van der Waals surface area (Å²) in [6.45, 7) is 1.13. The van der Waals surface area contributed by atoms with Crippen molar-refractivity contribution < 1.29 is 9.59 Å². The van der Waals surface area contributed by atoms with Gasteiger partial charge in [0.2, 0.25) is 11.8 Å². The summed E-state index contributed by atoms with van der Waals surface area (Å²) < 4.78 is 0. The van der Waals surface area contributed by atoms with E-state index in [4.69, 9.17) is 0 Å². The molecule has 4 nitrogen and oxygen atoms in total. The highest BCUT2D eigenvalue weighted by atomic mass is 16.2. The zero-order valence-electron chi connectivity index (χ0n) is 13.8. The maximum Gasteiger partial charge on any atom is 0.229 e. The molecule has 4 heteroatoms. The van der Waals surface area contributed by atoms with Crippen LogP contribution in [0.3, 0.4) is 0 Å². The highest BCUT2D eigenvalue weighted by Crippen LogP contribution is 2.01. The molecule has 2 N–H and O–H groups in total. The summed E-state index contributed by atoms with van der Waals surface area (Å²) in [7, 11) is 0. The van der Waals surface area contributed by atoms with Crippen molar-refractivity contribution in [2.45, 2.75) is 25.7 Å². The molecule has 2 aromatic carbocycles. The molecule has 0 aliphatic heterocycles. The molecule has 2 amide bonds. The molecule has 0 bridgehead atoms. The Hall–Kier alpha value is -2.62. The van der Waals surface area contributed by atoms with Crippen LogP contribution in [-0.2, 0) is 22.4 Å². The standard InChI is InChI=1S/C20H24N2O2/c23-19(21-14-7-12-17-8-3-1-4-9-17)16-20(24)22-15-13-18-10-5-2-6-11-18/h1-6,8-11H,7,12-16H2,(H,21,23)(H,22,24). The second kappa shape index (κ2) is 10.2. The van der Waals surface area contributed by atoms with E-state index in [2.05, 4.69) is 22.8 Å². The van der Waals surface area contributed by atoms with E-state index in [0.717, 1.165) is 19.3 Å².